The average molecular weight is 504 g/mol. The minimum atomic E-state index is -5.08. The summed E-state index contributed by atoms with van der Waals surface area (Å²) < 4.78 is 38.1. The summed E-state index contributed by atoms with van der Waals surface area (Å²) in [6.45, 7) is 5.15. The number of Topliss-reactive ketones (excluding diaryl/α,β-unsaturated/α-hetero) is 1. The van der Waals surface area contributed by atoms with Gasteiger partial charge in [-0.05, 0) is 55.3 Å². The maximum Gasteiger partial charge on any atom is 0.490 e. The Morgan fingerprint density at radius 3 is 2.31 bits per heavy atom. The van der Waals surface area contributed by atoms with Gasteiger partial charge in [-0.3, -0.25) is 9.59 Å². The van der Waals surface area contributed by atoms with Crippen molar-refractivity contribution in [2.45, 2.75) is 44.9 Å². The number of ketones is 1. The number of nitrogens with one attached hydrogen (secondary N) is 1. The number of benzene rings is 2. The van der Waals surface area contributed by atoms with E-state index >= 15 is 0 Å². The van der Waals surface area contributed by atoms with Crippen molar-refractivity contribution in [3.8, 4) is 5.75 Å². The minimum Gasteiger partial charge on any atom is -0.486 e. The number of halogens is 3. The zero-order chi connectivity index (χ0) is 26.3. The van der Waals surface area contributed by atoms with Gasteiger partial charge in [0.25, 0.3) is 5.91 Å². The van der Waals surface area contributed by atoms with Gasteiger partial charge in [-0.25, -0.2) is 4.79 Å². The molecule has 1 fully saturated rings. The van der Waals surface area contributed by atoms with Crippen LogP contribution in [0.3, 0.4) is 0 Å². The number of hydrogen-bond donors (Lipinski definition) is 2. The van der Waals surface area contributed by atoms with Crippen LogP contribution in [0.2, 0.25) is 0 Å². The number of carboxylic acid groups (broad SMARTS) is 1. The number of alkyl halides is 3. The van der Waals surface area contributed by atoms with Crippen molar-refractivity contribution in [3.63, 3.8) is 0 Å². The van der Waals surface area contributed by atoms with Crippen LogP contribution < -0.4 is 4.74 Å². The van der Waals surface area contributed by atoms with Gasteiger partial charge in [-0.2, -0.15) is 28.6 Å². The lowest BCUT2D eigenvalue weighted by Gasteiger charge is -2.44. The van der Waals surface area contributed by atoms with Crippen LogP contribution >= 0.6 is 0 Å². The van der Waals surface area contributed by atoms with Crippen molar-refractivity contribution < 1.29 is 37.4 Å². The molecule has 1 saturated heterocycles. The molecular formula is C24H23F3N4O5. The predicted molar refractivity (Wildman–Crippen MR) is 121 cm³/mol. The summed E-state index contributed by atoms with van der Waals surface area (Å²) in [5.41, 5.74) is 4.38. The maximum absolute atomic E-state index is 12.9. The summed E-state index contributed by atoms with van der Waals surface area (Å²) in [5.74, 6) is -1.97. The van der Waals surface area contributed by atoms with E-state index in [9.17, 15) is 22.8 Å². The average Bonchev–Trinajstić information content (AvgIpc) is 3.28. The Morgan fingerprint density at radius 1 is 1.06 bits per heavy atom. The Bertz CT molecular complexity index is 1340. The van der Waals surface area contributed by atoms with Gasteiger partial charge >= 0.3 is 12.1 Å². The third-order valence-electron chi connectivity index (χ3n) is 6.47. The van der Waals surface area contributed by atoms with Crippen molar-refractivity contribution in [2.24, 2.45) is 0 Å². The first-order valence-corrected chi connectivity index (χ1v) is 11.1. The number of carbonyl (C=O) groups excluding carboxylic acids is 2. The number of aliphatic carboxylic acids is 1. The molecule has 12 heteroatoms. The summed E-state index contributed by atoms with van der Waals surface area (Å²) in [6, 6.07) is 9.22. The standard InChI is InChI=1S/C22H22N4O3.C2HF3O2/c1-13-9-16-19(27)12-22(29-20(16)10-14(13)2)5-7-26(8-6-22)21(28)15-3-4-17-18(11-15)24-25-23-17;3-2(4,5)1(6)7/h3-4,9-11H,5-8,12H2,1-2H3,(H,23,24,25);(H,6,7). The number of rotatable bonds is 1. The van der Waals surface area contributed by atoms with Crippen molar-refractivity contribution >= 4 is 28.7 Å². The number of ether oxygens (including phenoxy) is 1. The lowest BCUT2D eigenvalue weighted by molar-refractivity contribution is -0.192. The molecule has 0 aliphatic carbocycles. The number of hydrogen-bond acceptors (Lipinski definition) is 6. The molecule has 1 spiro atoms. The summed E-state index contributed by atoms with van der Waals surface area (Å²) in [7, 11) is 0. The number of aromatic nitrogens is 3. The van der Waals surface area contributed by atoms with Crippen molar-refractivity contribution in [3.05, 3.63) is 52.6 Å². The zero-order valence-electron chi connectivity index (χ0n) is 19.5. The van der Waals surface area contributed by atoms with Gasteiger partial charge in [-0.1, -0.05) is 0 Å². The number of carboxylic acids is 1. The first kappa shape index (κ1) is 25.1. The summed E-state index contributed by atoms with van der Waals surface area (Å²) in [4.78, 5) is 36.4. The topological polar surface area (TPSA) is 125 Å². The molecule has 2 aliphatic heterocycles. The number of likely N-dealkylation sites (tertiary alicyclic amines) is 1. The molecule has 0 atom stereocenters. The predicted octanol–water partition coefficient (Wildman–Crippen LogP) is 3.85. The van der Waals surface area contributed by atoms with Crippen LogP contribution in [-0.4, -0.2) is 67.9 Å². The van der Waals surface area contributed by atoms with Gasteiger partial charge < -0.3 is 14.7 Å². The molecular weight excluding hydrogens is 481 g/mol. The Morgan fingerprint density at radius 2 is 1.67 bits per heavy atom. The SMILES string of the molecule is Cc1cc2c(cc1C)C(=O)CC1(CCN(C(=O)c3ccc4n[nH]nc4c3)CC1)O2.O=C(O)C(F)(F)F. The Kier molecular flexibility index (Phi) is 6.46. The Hall–Kier alpha value is -3.96. The van der Waals surface area contributed by atoms with Crippen LogP contribution in [0.1, 0.15) is 51.1 Å². The van der Waals surface area contributed by atoms with Gasteiger partial charge in [0.05, 0.1) is 12.0 Å². The molecule has 0 bridgehead atoms. The van der Waals surface area contributed by atoms with E-state index in [2.05, 4.69) is 15.4 Å². The van der Waals surface area contributed by atoms with E-state index < -0.39 is 17.7 Å². The van der Waals surface area contributed by atoms with Gasteiger partial charge in [0.2, 0.25) is 0 Å². The minimum absolute atomic E-state index is 0.0289. The number of carbonyl (C=O) groups is 3. The molecule has 3 heterocycles. The molecule has 190 valence electrons. The van der Waals surface area contributed by atoms with Crippen LogP contribution in [0.25, 0.3) is 11.0 Å². The van der Waals surface area contributed by atoms with E-state index in [0.29, 0.717) is 54.7 Å². The van der Waals surface area contributed by atoms with Gasteiger partial charge in [0.1, 0.15) is 22.4 Å². The molecule has 9 nitrogen and oxygen atoms in total. The number of H-pyrrole nitrogens is 1. The molecule has 2 N–H and O–H groups in total. The number of aryl methyl sites for hydroxylation is 2. The second-order valence-corrected chi connectivity index (χ2v) is 8.94. The highest BCUT2D eigenvalue weighted by molar-refractivity contribution is 6.01. The first-order valence-electron chi connectivity index (χ1n) is 11.1. The molecule has 5 rings (SSSR count). The zero-order valence-corrected chi connectivity index (χ0v) is 19.5. The normalized spacial score (nSPS) is 16.7. The third-order valence-corrected chi connectivity index (χ3v) is 6.47. The molecule has 1 amide bonds. The number of amides is 1. The second-order valence-electron chi connectivity index (χ2n) is 8.94. The van der Waals surface area contributed by atoms with Crippen LogP contribution in [0, 0.1) is 13.8 Å². The first-order chi connectivity index (χ1) is 16.9. The van der Waals surface area contributed by atoms with Crippen molar-refractivity contribution in [2.75, 3.05) is 13.1 Å². The van der Waals surface area contributed by atoms with E-state index in [-0.39, 0.29) is 11.7 Å². The van der Waals surface area contributed by atoms with E-state index in [1.54, 1.807) is 18.2 Å². The fourth-order valence-corrected chi connectivity index (χ4v) is 4.30. The summed E-state index contributed by atoms with van der Waals surface area (Å²) >= 11 is 0. The van der Waals surface area contributed by atoms with Crippen LogP contribution in [-0.2, 0) is 4.79 Å². The largest absolute Gasteiger partial charge is 0.490 e. The summed E-state index contributed by atoms with van der Waals surface area (Å²) in [5, 5.41) is 17.8. The van der Waals surface area contributed by atoms with Crippen LogP contribution in [0.5, 0.6) is 5.75 Å². The monoisotopic (exact) mass is 504 g/mol. The highest BCUT2D eigenvalue weighted by Gasteiger charge is 2.44. The quantitative estimate of drug-likeness (QED) is 0.516. The molecule has 36 heavy (non-hydrogen) atoms. The Labute approximate surface area is 203 Å². The molecule has 2 aromatic carbocycles. The molecule has 2 aliphatic rings. The smallest absolute Gasteiger partial charge is 0.486 e. The number of aromatic amines is 1. The van der Waals surface area contributed by atoms with Crippen molar-refractivity contribution in [1.29, 1.82) is 0 Å². The molecule has 0 unspecified atom stereocenters. The fraction of sp³-hybridized carbons (Fsp3) is 0.375. The Balaban J connectivity index is 0.000000384. The maximum atomic E-state index is 12.9. The number of nitrogens with zero attached hydrogens (tertiary/aromatic N) is 3. The fourth-order valence-electron chi connectivity index (χ4n) is 4.30. The number of fused-ring (bicyclic) bond motifs is 2. The van der Waals surface area contributed by atoms with Gasteiger partial charge in [0.15, 0.2) is 5.78 Å². The molecule has 0 radical (unpaired) electrons. The lowest BCUT2D eigenvalue weighted by atomic mass is 9.81. The summed E-state index contributed by atoms with van der Waals surface area (Å²) in [6.07, 6.45) is -3.43. The lowest BCUT2D eigenvalue weighted by Crippen LogP contribution is -2.52. The van der Waals surface area contributed by atoms with E-state index in [0.717, 1.165) is 16.6 Å². The van der Waals surface area contributed by atoms with E-state index in [1.807, 2.05) is 30.9 Å². The molecule has 1 aromatic heterocycles. The van der Waals surface area contributed by atoms with Gasteiger partial charge in [-0.15, -0.1) is 0 Å². The highest BCUT2D eigenvalue weighted by atomic mass is 19.4. The second kappa shape index (κ2) is 9.25. The van der Waals surface area contributed by atoms with E-state index in [4.69, 9.17) is 14.6 Å². The van der Waals surface area contributed by atoms with Crippen LogP contribution in [0.15, 0.2) is 30.3 Å². The highest BCUT2D eigenvalue weighted by Crippen LogP contribution is 2.40. The number of piperidine rings is 1. The van der Waals surface area contributed by atoms with E-state index in [1.165, 1.54) is 0 Å². The van der Waals surface area contributed by atoms with Gasteiger partial charge in [0, 0.05) is 31.5 Å². The molecule has 3 aromatic rings. The third kappa shape index (κ3) is 5.02. The van der Waals surface area contributed by atoms with Crippen LogP contribution in [0.4, 0.5) is 13.2 Å². The van der Waals surface area contributed by atoms with Crippen molar-refractivity contribution in [1.82, 2.24) is 20.3 Å². The molecule has 0 saturated carbocycles.